The van der Waals surface area contributed by atoms with Gasteiger partial charge in [-0.3, -0.25) is 9.79 Å². The van der Waals surface area contributed by atoms with Gasteiger partial charge < -0.3 is 14.6 Å². The van der Waals surface area contributed by atoms with Crippen molar-refractivity contribution in [3.63, 3.8) is 0 Å². The summed E-state index contributed by atoms with van der Waals surface area (Å²) < 4.78 is 11.8. The Bertz CT molecular complexity index is 1050. The van der Waals surface area contributed by atoms with Gasteiger partial charge in [0.25, 0.3) is 0 Å². The van der Waals surface area contributed by atoms with Crippen LogP contribution < -0.4 is 9.47 Å². The largest absolute Gasteiger partial charge is 0.490 e. The van der Waals surface area contributed by atoms with Crippen molar-refractivity contribution in [2.45, 2.75) is 45.4 Å². The summed E-state index contributed by atoms with van der Waals surface area (Å²) in [5.74, 6) is 1.96. The molecule has 4 saturated carbocycles. The molecule has 0 heterocycles. The highest BCUT2D eigenvalue weighted by molar-refractivity contribution is 5.88. The highest BCUT2D eigenvalue weighted by Crippen LogP contribution is 2.60. The lowest BCUT2D eigenvalue weighted by molar-refractivity contribution is -0.161. The molecule has 6 heteroatoms. The zero-order valence-electron chi connectivity index (χ0n) is 18.8. The summed E-state index contributed by atoms with van der Waals surface area (Å²) in [4.78, 5) is 28.8. The Morgan fingerprint density at radius 1 is 1.00 bits per heavy atom. The summed E-state index contributed by atoms with van der Waals surface area (Å²) >= 11 is 0. The Morgan fingerprint density at radius 3 is 2.21 bits per heavy atom. The van der Waals surface area contributed by atoms with E-state index in [9.17, 15) is 9.59 Å². The minimum Gasteiger partial charge on any atom is -0.490 e. The molecule has 6 nitrogen and oxygen atoms in total. The van der Waals surface area contributed by atoms with Crippen molar-refractivity contribution in [3.8, 4) is 11.5 Å². The second kappa shape index (κ2) is 8.65. The van der Waals surface area contributed by atoms with Gasteiger partial charge in [-0.2, -0.15) is 0 Å². The molecule has 4 bridgehead atoms. The van der Waals surface area contributed by atoms with Crippen molar-refractivity contribution in [1.29, 1.82) is 0 Å². The molecular weight excluding hydrogens is 418 g/mol. The molecule has 0 atom stereocenters. The van der Waals surface area contributed by atoms with Crippen LogP contribution in [0.3, 0.4) is 0 Å². The number of aliphatic imine (C=N–C) groups is 1. The van der Waals surface area contributed by atoms with E-state index in [0.717, 1.165) is 24.8 Å². The molecule has 0 radical (unpaired) electrons. The molecule has 0 unspecified atom stereocenters. The highest BCUT2D eigenvalue weighted by atomic mass is 16.6. The third-order valence-corrected chi connectivity index (χ3v) is 7.42. The average molecular weight is 448 g/mol. The fourth-order valence-corrected chi connectivity index (χ4v) is 6.37. The van der Waals surface area contributed by atoms with Crippen molar-refractivity contribution in [2.24, 2.45) is 28.2 Å². The van der Waals surface area contributed by atoms with Crippen molar-refractivity contribution in [1.82, 2.24) is 0 Å². The summed E-state index contributed by atoms with van der Waals surface area (Å²) in [5, 5.41) is 9.01. The van der Waals surface area contributed by atoms with Crippen molar-refractivity contribution in [3.05, 3.63) is 53.6 Å². The van der Waals surface area contributed by atoms with Crippen LogP contribution in [-0.4, -0.2) is 29.9 Å². The molecule has 33 heavy (non-hydrogen) atoms. The van der Waals surface area contributed by atoms with Gasteiger partial charge in [-0.05, 0) is 111 Å². The monoisotopic (exact) mass is 447 g/mol. The molecule has 4 fully saturated rings. The maximum atomic E-state index is 13.3. The average Bonchev–Trinajstić information content (AvgIpc) is 2.78. The van der Waals surface area contributed by atoms with E-state index in [1.807, 2.05) is 19.1 Å². The maximum absolute atomic E-state index is 13.3. The van der Waals surface area contributed by atoms with Gasteiger partial charge in [0.05, 0.1) is 23.3 Å². The second-order valence-corrected chi connectivity index (χ2v) is 9.84. The number of aromatic carboxylic acids is 1. The molecule has 2 aromatic rings. The molecular formula is C27H29NO5. The number of hydrogen-bond acceptors (Lipinski definition) is 5. The molecule has 0 aromatic heterocycles. The number of nitrogens with zero attached hydrogens (tertiary/aromatic N) is 1. The topological polar surface area (TPSA) is 85.2 Å². The number of rotatable bonds is 7. The van der Waals surface area contributed by atoms with Gasteiger partial charge in [-0.25, -0.2) is 4.79 Å². The predicted octanol–water partition coefficient (Wildman–Crippen LogP) is 5.66. The molecule has 0 amide bonds. The quantitative estimate of drug-likeness (QED) is 0.336. The van der Waals surface area contributed by atoms with E-state index in [1.54, 1.807) is 24.4 Å². The van der Waals surface area contributed by atoms with E-state index in [0.29, 0.717) is 41.5 Å². The van der Waals surface area contributed by atoms with Gasteiger partial charge >= 0.3 is 11.9 Å². The molecule has 0 saturated heterocycles. The summed E-state index contributed by atoms with van der Waals surface area (Å²) in [6, 6.07) is 11.8. The lowest BCUT2D eigenvalue weighted by Gasteiger charge is -2.55. The molecule has 1 N–H and O–H groups in total. The van der Waals surface area contributed by atoms with Crippen molar-refractivity contribution < 1.29 is 24.2 Å². The van der Waals surface area contributed by atoms with E-state index >= 15 is 0 Å². The van der Waals surface area contributed by atoms with Crippen LogP contribution in [0, 0.1) is 23.2 Å². The second-order valence-electron chi connectivity index (χ2n) is 9.84. The smallest absolute Gasteiger partial charge is 0.335 e. The minimum atomic E-state index is -0.967. The lowest BCUT2D eigenvalue weighted by Crippen LogP contribution is -2.51. The zero-order chi connectivity index (χ0) is 23.0. The Labute approximate surface area is 193 Å². The number of carboxylic acid groups (broad SMARTS) is 1. The fourth-order valence-electron chi connectivity index (χ4n) is 6.37. The number of hydrogen-bond donors (Lipinski definition) is 1. The number of carbonyl (C=O) groups is 2. The van der Waals surface area contributed by atoms with Crippen LogP contribution in [0.2, 0.25) is 0 Å². The zero-order valence-corrected chi connectivity index (χ0v) is 18.8. The first-order valence-corrected chi connectivity index (χ1v) is 11.8. The molecule has 6 rings (SSSR count). The first kappa shape index (κ1) is 21.7. The first-order chi connectivity index (χ1) is 15.9. The van der Waals surface area contributed by atoms with Crippen LogP contribution in [0.1, 0.15) is 61.4 Å². The third-order valence-electron chi connectivity index (χ3n) is 7.42. The first-order valence-electron chi connectivity index (χ1n) is 11.8. The Balaban J connectivity index is 1.32. The highest BCUT2D eigenvalue weighted by Gasteiger charge is 2.55. The number of carbonyl (C=O) groups excluding carboxylic acids is 1. The lowest BCUT2D eigenvalue weighted by atomic mass is 9.49. The third kappa shape index (κ3) is 4.39. The molecule has 0 aliphatic heterocycles. The van der Waals surface area contributed by atoms with Gasteiger partial charge in [-0.15, -0.1) is 0 Å². The van der Waals surface area contributed by atoms with Crippen molar-refractivity contribution >= 4 is 23.8 Å². The number of ether oxygens (including phenoxy) is 2. The van der Waals surface area contributed by atoms with E-state index in [-0.39, 0.29) is 16.9 Å². The summed E-state index contributed by atoms with van der Waals surface area (Å²) in [5.41, 5.74) is 1.35. The van der Waals surface area contributed by atoms with E-state index in [2.05, 4.69) is 4.99 Å². The Kier molecular flexibility index (Phi) is 5.69. The molecule has 4 aliphatic carbocycles. The van der Waals surface area contributed by atoms with E-state index in [4.69, 9.17) is 14.6 Å². The van der Waals surface area contributed by atoms with Crippen LogP contribution >= 0.6 is 0 Å². The summed E-state index contributed by atoms with van der Waals surface area (Å²) in [7, 11) is 0. The number of esters is 1. The van der Waals surface area contributed by atoms with Crippen LogP contribution in [0.15, 0.2) is 47.5 Å². The molecule has 172 valence electrons. The maximum Gasteiger partial charge on any atom is 0.335 e. The van der Waals surface area contributed by atoms with Gasteiger partial charge in [0, 0.05) is 6.21 Å². The normalized spacial score (nSPS) is 27.6. The Morgan fingerprint density at radius 2 is 1.64 bits per heavy atom. The van der Waals surface area contributed by atoms with Gasteiger partial charge in [0.2, 0.25) is 0 Å². The van der Waals surface area contributed by atoms with Crippen LogP contribution in [0.4, 0.5) is 5.69 Å². The van der Waals surface area contributed by atoms with Crippen molar-refractivity contribution in [2.75, 3.05) is 6.61 Å². The van der Waals surface area contributed by atoms with E-state index in [1.165, 1.54) is 31.4 Å². The van der Waals surface area contributed by atoms with E-state index < -0.39 is 5.97 Å². The minimum absolute atomic E-state index is 0.0949. The van der Waals surface area contributed by atoms with Gasteiger partial charge in [-0.1, -0.05) is 0 Å². The molecule has 2 aromatic carbocycles. The molecule has 0 spiro atoms. The van der Waals surface area contributed by atoms with Gasteiger partial charge in [0.15, 0.2) is 11.5 Å². The number of carboxylic acids is 1. The van der Waals surface area contributed by atoms with Crippen LogP contribution in [0.5, 0.6) is 11.5 Å². The van der Waals surface area contributed by atoms with Crippen LogP contribution in [-0.2, 0) is 4.79 Å². The Hall–Kier alpha value is -3.15. The SMILES string of the molecule is CCOc1cc(C=Nc2ccc(C(=O)O)cc2)ccc1OC(=O)C12CC3CC(CC(C3)C1)C2. The van der Waals surface area contributed by atoms with Crippen LogP contribution in [0.25, 0.3) is 0 Å². The standard InChI is InChI=1S/C27H29NO5/c1-2-32-24-12-17(16-28-22-6-4-21(5-7-22)25(29)30)3-8-23(24)33-26(31)27-13-18-9-19(14-27)11-20(10-18)15-27/h3-8,12,16,18-20H,2,9-11,13-15H2,1H3,(H,29,30). The summed E-state index contributed by atoms with van der Waals surface area (Å²) in [6.07, 6.45) is 8.42. The fraction of sp³-hybridized carbons (Fsp3) is 0.444. The predicted molar refractivity (Wildman–Crippen MR) is 125 cm³/mol. The number of benzene rings is 2. The summed E-state index contributed by atoms with van der Waals surface area (Å²) in [6.45, 7) is 2.36. The van der Waals surface area contributed by atoms with Gasteiger partial charge in [0.1, 0.15) is 0 Å². The molecule has 4 aliphatic rings.